The number of aryl methyl sites for hydroxylation is 1. The molecular formula is C13H11ClN6O. The van der Waals surface area contributed by atoms with Crippen molar-refractivity contribution < 1.29 is 0 Å². The van der Waals surface area contributed by atoms with Gasteiger partial charge in [0.1, 0.15) is 5.82 Å². The summed E-state index contributed by atoms with van der Waals surface area (Å²) in [7, 11) is 0. The van der Waals surface area contributed by atoms with E-state index < -0.39 is 0 Å². The van der Waals surface area contributed by atoms with Crippen LogP contribution >= 0.6 is 11.6 Å². The Bertz CT molecular complexity index is 893. The minimum atomic E-state index is -0.253. The Morgan fingerprint density at radius 1 is 1.29 bits per heavy atom. The summed E-state index contributed by atoms with van der Waals surface area (Å²) < 4.78 is 1.23. The standard InChI is InChI=1S/C13H11ClN6O/c1-7-6-10(21)20-13(16-7)11(12(15)19-20)18-17-9-4-2-8(14)3-5-9/h2-6,19H,15H2,1H3. The molecule has 0 radical (unpaired) electrons. The molecule has 21 heavy (non-hydrogen) atoms. The lowest BCUT2D eigenvalue weighted by molar-refractivity contribution is 0.894. The highest BCUT2D eigenvalue weighted by Crippen LogP contribution is 2.27. The smallest absolute Gasteiger partial charge is 0.273 e. The van der Waals surface area contributed by atoms with E-state index in [0.717, 1.165) is 0 Å². The van der Waals surface area contributed by atoms with E-state index in [-0.39, 0.29) is 11.4 Å². The predicted octanol–water partition coefficient (Wildman–Crippen LogP) is 2.98. The fraction of sp³-hybridized carbons (Fsp3) is 0.0769. The number of hydrogen-bond donors (Lipinski definition) is 2. The van der Waals surface area contributed by atoms with E-state index in [9.17, 15) is 4.79 Å². The summed E-state index contributed by atoms with van der Waals surface area (Å²) in [6.07, 6.45) is 0. The van der Waals surface area contributed by atoms with E-state index in [0.29, 0.717) is 27.7 Å². The molecule has 3 rings (SSSR count). The zero-order valence-electron chi connectivity index (χ0n) is 11.0. The van der Waals surface area contributed by atoms with E-state index in [1.807, 2.05) is 0 Å². The van der Waals surface area contributed by atoms with Gasteiger partial charge in [-0.15, -0.1) is 5.11 Å². The maximum absolute atomic E-state index is 11.8. The van der Waals surface area contributed by atoms with Gasteiger partial charge in [-0.25, -0.2) is 4.98 Å². The molecule has 3 aromatic rings. The van der Waals surface area contributed by atoms with Crippen molar-refractivity contribution in [1.29, 1.82) is 0 Å². The molecule has 7 nitrogen and oxygen atoms in total. The van der Waals surface area contributed by atoms with Crippen LogP contribution in [0.5, 0.6) is 0 Å². The fourth-order valence-electron chi connectivity index (χ4n) is 1.87. The molecule has 0 aliphatic rings. The summed E-state index contributed by atoms with van der Waals surface area (Å²) in [4.78, 5) is 16.1. The van der Waals surface area contributed by atoms with Crippen LogP contribution in [0.2, 0.25) is 5.02 Å². The van der Waals surface area contributed by atoms with E-state index in [2.05, 4.69) is 20.3 Å². The SMILES string of the molecule is Cc1cc(=O)n2[nH]c(N)c(N=Nc3ccc(Cl)cc3)c2n1. The van der Waals surface area contributed by atoms with Gasteiger partial charge < -0.3 is 5.73 Å². The number of rotatable bonds is 2. The summed E-state index contributed by atoms with van der Waals surface area (Å²) in [5.74, 6) is 0.225. The summed E-state index contributed by atoms with van der Waals surface area (Å²) in [5.41, 5.74) is 7.45. The maximum atomic E-state index is 11.8. The van der Waals surface area contributed by atoms with Gasteiger partial charge in [-0.1, -0.05) is 11.6 Å². The molecule has 0 aliphatic heterocycles. The Balaban J connectivity index is 2.10. The average molecular weight is 303 g/mol. The highest BCUT2D eigenvalue weighted by Gasteiger charge is 2.12. The molecule has 2 aromatic heterocycles. The number of nitrogens with zero attached hydrogens (tertiary/aromatic N) is 4. The molecule has 0 amide bonds. The lowest BCUT2D eigenvalue weighted by Crippen LogP contribution is -2.14. The average Bonchev–Trinajstić information content (AvgIpc) is 2.75. The molecule has 0 atom stereocenters. The number of aromatic amines is 1. The normalized spacial score (nSPS) is 11.5. The van der Waals surface area contributed by atoms with E-state index in [1.54, 1.807) is 31.2 Å². The highest BCUT2D eigenvalue weighted by molar-refractivity contribution is 6.30. The van der Waals surface area contributed by atoms with E-state index >= 15 is 0 Å². The fourth-order valence-corrected chi connectivity index (χ4v) is 2.00. The third-order valence-corrected chi connectivity index (χ3v) is 3.09. The molecule has 0 unspecified atom stereocenters. The molecule has 3 N–H and O–H groups in total. The summed E-state index contributed by atoms with van der Waals surface area (Å²) >= 11 is 5.80. The van der Waals surface area contributed by atoms with E-state index in [4.69, 9.17) is 17.3 Å². The van der Waals surface area contributed by atoms with Gasteiger partial charge in [0.15, 0.2) is 11.3 Å². The molecule has 0 saturated carbocycles. The third kappa shape index (κ3) is 2.50. The zero-order valence-corrected chi connectivity index (χ0v) is 11.8. The van der Waals surface area contributed by atoms with Crippen molar-refractivity contribution in [3.05, 3.63) is 51.4 Å². The number of aromatic nitrogens is 3. The first kappa shape index (κ1) is 13.3. The van der Waals surface area contributed by atoms with Crippen molar-refractivity contribution in [2.24, 2.45) is 10.2 Å². The van der Waals surface area contributed by atoms with Crippen LogP contribution in [-0.2, 0) is 0 Å². The molecule has 106 valence electrons. The van der Waals surface area contributed by atoms with Crippen LogP contribution < -0.4 is 11.3 Å². The molecule has 8 heteroatoms. The number of hydrogen-bond acceptors (Lipinski definition) is 5. The summed E-state index contributed by atoms with van der Waals surface area (Å²) in [6, 6.07) is 8.27. The first-order chi connectivity index (χ1) is 10.0. The van der Waals surface area contributed by atoms with Crippen LogP contribution in [0.4, 0.5) is 17.2 Å². The van der Waals surface area contributed by atoms with Gasteiger partial charge in [-0.3, -0.25) is 9.89 Å². The largest absolute Gasteiger partial charge is 0.382 e. The number of azo groups is 1. The summed E-state index contributed by atoms with van der Waals surface area (Å²) in [5, 5.41) is 11.5. The lowest BCUT2D eigenvalue weighted by atomic mass is 10.3. The topological polar surface area (TPSA) is 101 Å². The minimum absolute atomic E-state index is 0.225. The highest BCUT2D eigenvalue weighted by atomic mass is 35.5. The van der Waals surface area contributed by atoms with Crippen LogP contribution in [0.25, 0.3) is 5.65 Å². The third-order valence-electron chi connectivity index (χ3n) is 2.84. The van der Waals surface area contributed by atoms with Crippen LogP contribution in [0, 0.1) is 6.92 Å². The van der Waals surface area contributed by atoms with Gasteiger partial charge in [-0.05, 0) is 31.2 Å². The molecule has 0 aliphatic carbocycles. The zero-order chi connectivity index (χ0) is 15.0. The van der Waals surface area contributed by atoms with Crippen LogP contribution in [-0.4, -0.2) is 14.6 Å². The Morgan fingerprint density at radius 2 is 2.00 bits per heavy atom. The number of H-pyrrole nitrogens is 1. The monoisotopic (exact) mass is 302 g/mol. The van der Waals surface area contributed by atoms with Gasteiger partial charge in [0.2, 0.25) is 0 Å². The van der Waals surface area contributed by atoms with Crippen LogP contribution in [0.1, 0.15) is 5.69 Å². The van der Waals surface area contributed by atoms with Crippen molar-refractivity contribution in [1.82, 2.24) is 14.6 Å². The maximum Gasteiger partial charge on any atom is 0.273 e. The number of halogens is 1. The number of nitrogens with two attached hydrogens (primary N) is 1. The van der Waals surface area contributed by atoms with Gasteiger partial charge in [0, 0.05) is 16.8 Å². The van der Waals surface area contributed by atoms with Crippen molar-refractivity contribution >= 4 is 34.4 Å². The van der Waals surface area contributed by atoms with Crippen molar-refractivity contribution in [3.8, 4) is 0 Å². The van der Waals surface area contributed by atoms with Gasteiger partial charge in [-0.2, -0.15) is 9.63 Å². The second kappa shape index (κ2) is 5.02. The van der Waals surface area contributed by atoms with Crippen molar-refractivity contribution in [3.63, 3.8) is 0 Å². The second-order valence-electron chi connectivity index (χ2n) is 4.45. The van der Waals surface area contributed by atoms with E-state index in [1.165, 1.54) is 10.6 Å². The second-order valence-corrected chi connectivity index (χ2v) is 4.88. The first-order valence-corrected chi connectivity index (χ1v) is 6.47. The molecule has 0 fully saturated rings. The van der Waals surface area contributed by atoms with Crippen LogP contribution in [0.3, 0.4) is 0 Å². The Labute approximate surface area is 124 Å². The van der Waals surface area contributed by atoms with Crippen molar-refractivity contribution in [2.75, 3.05) is 5.73 Å². The Hall–Kier alpha value is -2.67. The predicted molar refractivity (Wildman–Crippen MR) is 80.6 cm³/mol. The van der Waals surface area contributed by atoms with Gasteiger partial charge in [0.25, 0.3) is 5.56 Å². The lowest BCUT2D eigenvalue weighted by Gasteiger charge is -1.95. The molecule has 2 heterocycles. The Kier molecular flexibility index (Phi) is 3.19. The minimum Gasteiger partial charge on any atom is -0.382 e. The first-order valence-electron chi connectivity index (χ1n) is 6.10. The quantitative estimate of drug-likeness (QED) is 0.711. The molecule has 0 saturated heterocycles. The molecule has 0 spiro atoms. The Morgan fingerprint density at radius 3 is 2.71 bits per heavy atom. The van der Waals surface area contributed by atoms with Gasteiger partial charge in [0.05, 0.1) is 5.69 Å². The summed E-state index contributed by atoms with van der Waals surface area (Å²) in [6.45, 7) is 1.73. The number of nitrogens with one attached hydrogen (secondary N) is 1. The van der Waals surface area contributed by atoms with Gasteiger partial charge >= 0.3 is 0 Å². The van der Waals surface area contributed by atoms with Crippen LogP contribution in [0.15, 0.2) is 45.4 Å². The number of fused-ring (bicyclic) bond motifs is 1. The molecular weight excluding hydrogens is 292 g/mol. The molecule has 0 bridgehead atoms. The number of benzene rings is 1. The number of anilines is 1. The molecule has 1 aromatic carbocycles. The number of nitrogen functional groups attached to an aromatic ring is 1. The van der Waals surface area contributed by atoms with Crippen molar-refractivity contribution in [2.45, 2.75) is 6.92 Å².